The smallest absolute Gasteiger partial charge is 0.274 e. The number of hydrogen-bond acceptors (Lipinski definition) is 3. The molecule has 21 heavy (non-hydrogen) atoms. The van der Waals surface area contributed by atoms with Gasteiger partial charge in [-0.25, -0.2) is 0 Å². The number of amides is 2. The van der Waals surface area contributed by atoms with Crippen LogP contribution in [0.25, 0.3) is 0 Å². The Morgan fingerprint density at radius 2 is 2.10 bits per heavy atom. The summed E-state index contributed by atoms with van der Waals surface area (Å²) in [6, 6.07) is 1.99. The Labute approximate surface area is 124 Å². The first-order chi connectivity index (χ1) is 9.97. The molecule has 6 nitrogen and oxygen atoms in total. The minimum Gasteiger partial charge on any atom is -0.344 e. The second-order valence-corrected chi connectivity index (χ2v) is 6.44. The van der Waals surface area contributed by atoms with Gasteiger partial charge in [0.2, 0.25) is 5.91 Å². The van der Waals surface area contributed by atoms with Crippen LogP contribution in [0.2, 0.25) is 0 Å². The van der Waals surface area contributed by atoms with Crippen LogP contribution in [0.15, 0.2) is 6.07 Å². The second kappa shape index (κ2) is 5.16. The first-order valence-electron chi connectivity index (χ1n) is 7.59. The Kier molecular flexibility index (Phi) is 3.47. The van der Waals surface area contributed by atoms with Crippen LogP contribution >= 0.6 is 0 Å². The third kappa shape index (κ3) is 2.43. The van der Waals surface area contributed by atoms with E-state index in [9.17, 15) is 9.59 Å². The number of H-pyrrole nitrogens is 1. The average molecular weight is 290 g/mol. The summed E-state index contributed by atoms with van der Waals surface area (Å²) in [5.74, 6) is 0.395. The number of nitrogens with zero attached hydrogens (tertiary/aromatic N) is 3. The van der Waals surface area contributed by atoms with Crippen molar-refractivity contribution in [1.82, 2.24) is 20.0 Å². The van der Waals surface area contributed by atoms with E-state index in [1.807, 2.05) is 18.0 Å². The van der Waals surface area contributed by atoms with E-state index in [2.05, 4.69) is 24.0 Å². The Hall–Kier alpha value is -1.85. The molecule has 1 aromatic rings. The van der Waals surface area contributed by atoms with E-state index in [1.165, 1.54) is 0 Å². The largest absolute Gasteiger partial charge is 0.344 e. The number of carbonyl (C=O) groups excluding carboxylic acids is 2. The standard InChI is InChI=1S/C15H22N4O2/c1-9(2)12-7-13(17-16-12)15(21)19-10-4-5-11(19)8-18(3)14(20)6-10/h7,9-11H,4-6,8H2,1-3H3,(H,16,17)/t10-,11+/m1/s1. The van der Waals surface area contributed by atoms with Gasteiger partial charge < -0.3 is 9.80 Å². The highest BCUT2D eigenvalue weighted by molar-refractivity contribution is 5.94. The van der Waals surface area contributed by atoms with Crippen LogP contribution in [0.5, 0.6) is 0 Å². The molecule has 0 aliphatic carbocycles. The first kappa shape index (κ1) is 14.1. The molecule has 2 bridgehead atoms. The number of hydrogen-bond donors (Lipinski definition) is 1. The molecule has 3 heterocycles. The number of aromatic nitrogens is 2. The fraction of sp³-hybridized carbons (Fsp3) is 0.667. The zero-order valence-electron chi connectivity index (χ0n) is 12.8. The number of likely N-dealkylation sites (tertiary alicyclic amines) is 1. The van der Waals surface area contributed by atoms with E-state index in [1.54, 1.807) is 4.90 Å². The number of rotatable bonds is 2. The molecule has 2 aliphatic rings. The average Bonchev–Trinajstić information content (AvgIpc) is 3.02. The number of fused-ring (bicyclic) bond motifs is 2. The van der Waals surface area contributed by atoms with Gasteiger partial charge in [-0.2, -0.15) is 5.10 Å². The maximum atomic E-state index is 12.8. The molecule has 2 aliphatic heterocycles. The lowest BCUT2D eigenvalue weighted by atomic mass is 10.1. The summed E-state index contributed by atoms with van der Waals surface area (Å²) in [7, 11) is 1.82. The van der Waals surface area contributed by atoms with Crippen molar-refractivity contribution in [2.24, 2.45) is 0 Å². The van der Waals surface area contributed by atoms with Crippen LogP contribution < -0.4 is 0 Å². The van der Waals surface area contributed by atoms with Gasteiger partial charge in [-0.15, -0.1) is 0 Å². The highest BCUT2D eigenvalue weighted by Gasteiger charge is 2.42. The summed E-state index contributed by atoms with van der Waals surface area (Å²) in [6.07, 6.45) is 2.31. The molecule has 2 atom stereocenters. The molecule has 0 saturated carbocycles. The van der Waals surface area contributed by atoms with Gasteiger partial charge in [0.25, 0.3) is 5.91 Å². The van der Waals surface area contributed by atoms with E-state index in [0.717, 1.165) is 18.5 Å². The zero-order chi connectivity index (χ0) is 15.1. The maximum Gasteiger partial charge on any atom is 0.274 e. The van der Waals surface area contributed by atoms with E-state index < -0.39 is 0 Å². The van der Waals surface area contributed by atoms with Gasteiger partial charge in [0.05, 0.1) is 6.04 Å². The molecule has 2 saturated heterocycles. The highest BCUT2D eigenvalue weighted by atomic mass is 16.2. The molecule has 114 valence electrons. The predicted octanol–water partition coefficient (Wildman–Crippen LogP) is 1.37. The van der Waals surface area contributed by atoms with Crippen molar-refractivity contribution in [3.05, 3.63) is 17.5 Å². The Morgan fingerprint density at radius 1 is 1.38 bits per heavy atom. The summed E-state index contributed by atoms with van der Waals surface area (Å²) < 4.78 is 0. The second-order valence-electron chi connectivity index (χ2n) is 6.44. The predicted molar refractivity (Wildman–Crippen MR) is 77.9 cm³/mol. The van der Waals surface area contributed by atoms with Crippen LogP contribution in [0.1, 0.15) is 55.2 Å². The fourth-order valence-corrected chi connectivity index (χ4v) is 3.32. The monoisotopic (exact) mass is 290 g/mol. The lowest BCUT2D eigenvalue weighted by Gasteiger charge is -2.27. The van der Waals surface area contributed by atoms with Gasteiger partial charge in [0, 0.05) is 31.7 Å². The molecular weight excluding hydrogens is 268 g/mol. The van der Waals surface area contributed by atoms with Crippen LogP contribution in [0.3, 0.4) is 0 Å². The molecule has 2 fully saturated rings. The van der Waals surface area contributed by atoms with Gasteiger partial charge in [-0.1, -0.05) is 13.8 Å². The number of carbonyl (C=O) groups is 2. The lowest BCUT2D eigenvalue weighted by molar-refractivity contribution is -0.130. The molecule has 0 spiro atoms. The van der Waals surface area contributed by atoms with Gasteiger partial charge in [-0.3, -0.25) is 14.7 Å². The minimum atomic E-state index is -0.0475. The zero-order valence-corrected chi connectivity index (χ0v) is 12.8. The third-order valence-electron chi connectivity index (χ3n) is 4.61. The summed E-state index contributed by atoms with van der Waals surface area (Å²) >= 11 is 0. The van der Waals surface area contributed by atoms with Crippen molar-refractivity contribution in [1.29, 1.82) is 0 Å². The van der Waals surface area contributed by atoms with E-state index >= 15 is 0 Å². The maximum absolute atomic E-state index is 12.8. The van der Waals surface area contributed by atoms with Crippen molar-refractivity contribution in [3.63, 3.8) is 0 Å². The molecule has 3 rings (SSSR count). The van der Waals surface area contributed by atoms with Gasteiger partial charge >= 0.3 is 0 Å². The van der Waals surface area contributed by atoms with Crippen LogP contribution in [-0.2, 0) is 4.79 Å². The lowest BCUT2D eigenvalue weighted by Crippen LogP contribution is -2.42. The summed E-state index contributed by atoms with van der Waals surface area (Å²) in [5, 5.41) is 7.10. The molecule has 0 radical (unpaired) electrons. The molecule has 0 aromatic carbocycles. The molecule has 0 unspecified atom stereocenters. The van der Waals surface area contributed by atoms with Crippen LogP contribution in [-0.4, -0.2) is 57.5 Å². The number of nitrogens with one attached hydrogen (secondary N) is 1. The van der Waals surface area contributed by atoms with Crippen molar-refractivity contribution < 1.29 is 9.59 Å². The van der Waals surface area contributed by atoms with Crippen molar-refractivity contribution in [2.45, 2.75) is 51.1 Å². The van der Waals surface area contributed by atoms with E-state index in [-0.39, 0.29) is 23.9 Å². The minimum absolute atomic E-state index is 0.0270. The molecule has 6 heteroatoms. The quantitative estimate of drug-likeness (QED) is 0.894. The highest BCUT2D eigenvalue weighted by Crippen LogP contribution is 2.31. The summed E-state index contributed by atoms with van der Waals surface area (Å²) in [6.45, 7) is 4.75. The van der Waals surface area contributed by atoms with E-state index in [0.29, 0.717) is 24.6 Å². The fourth-order valence-electron chi connectivity index (χ4n) is 3.32. The normalized spacial score (nSPS) is 25.6. The van der Waals surface area contributed by atoms with E-state index in [4.69, 9.17) is 0 Å². The van der Waals surface area contributed by atoms with Gasteiger partial charge in [-0.05, 0) is 24.8 Å². The Bertz CT molecular complexity index is 566. The van der Waals surface area contributed by atoms with Gasteiger partial charge in [0.15, 0.2) is 0 Å². The topological polar surface area (TPSA) is 69.3 Å². The summed E-state index contributed by atoms with van der Waals surface area (Å²) in [4.78, 5) is 28.4. The van der Waals surface area contributed by atoms with Crippen molar-refractivity contribution in [3.8, 4) is 0 Å². The Morgan fingerprint density at radius 3 is 2.76 bits per heavy atom. The molecular formula is C15H22N4O2. The molecule has 1 N–H and O–H groups in total. The van der Waals surface area contributed by atoms with Crippen molar-refractivity contribution >= 4 is 11.8 Å². The van der Waals surface area contributed by atoms with Crippen LogP contribution in [0.4, 0.5) is 0 Å². The SMILES string of the molecule is CC(C)c1cc(C(=O)N2[C@@H]3CC[C@H]2CN(C)C(=O)C3)n[nH]1. The van der Waals surface area contributed by atoms with Crippen molar-refractivity contribution in [2.75, 3.05) is 13.6 Å². The Balaban J connectivity index is 1.85. The van der Waals surface area contributed by atoms with Gasteiger partial charge in [0.1, 0.15) is 5.69 Å². The number of aromatic amines is 1. The first-order valence-corrected chi connectivity index (χ1v) is 7.59. The summed E-state index contributed by atoms with van der Waals surface area (Å²) in [5.41, 5.74) is 1.43. The third-order valence-corrected chi connectivity index (χ3v) is 4.61. The number of likely N-dealkylation sites (N-methyl/N-ethyl adjacent to an activating group) is 1. The van der Waals surface area contributed by atoms with Crippen LogP contribution in [0, 0.1) is 0 Å². The molecule has 1 aromatic heterocycles. The molecule has 2 amide bonds.